The fraction of sp³-hybridized carbons (Fsp3) is 0.129. The molecule has 0 aliphatic carbocycles. The maximum absolute atomic E-state index is 6.44. The van der Waals surface area contributed by atoms with Crippen LogP contribution in [-0.2, 0) is 0 Å². The zero-order valence-electron chi connectivity index (χ0n) is 19.2. The van der Waals surface area contributed by atoms with E-state index in [-0.39, 0.29) is 0 Å². The van der Waals surface area contributed by atoms with Crippen molar-refractivity contribution >= 4 is 11.1 Å². The van der Waals surface area contributed by atoms with Crippen molar-refractivity contribution in [2.24, 2.45) is 0 Å². The molecule has 0 spiro atoms. The third-order valence-corrected chi connectivity index (χ3v) is 6.58. The van der Waals surface area contributed by atoms with Crippen LogP contribution < -0.4 is 9.47 Å². The standard InChI is InChI=1S/C31H24O2/c1-18-9-5-13-22-26(23-14-6-10-19(2)29(23)32-28(18)22)17-27-24-15-7-11-20(3)30(24)33-31-21(4)12-8-16-25(27)31/h5-16H,1-4H3. The van der Waals surface area contributed by atoms with Gasteiger partial charge in [-0.15, -0.1) is 5.73 Å². The maximum atomic E-state index is 6.44. The van der Waals surface area contributed by atoms with Gasteiger partial charge in [0.1, 0.15) is 23.0 Å². The van der Waals surface area contributed by atoms with Gasteiger partial charge in [-0.3, -0.25) is 0 Å². The quantitative estimate of drug-likeness (QED) is 0.227. The molecule has 4 aromatic rings. The van der Waals surface area contributed by atoms with Gasteiger partial charge in [-0.1, -0.05) is 48.5 Å². The van der Waals surface area contributed by atoms with Gasteiger partial charge in [0, 0.05) is 33.4 Å². The molecule has 0 unspecified atom stereocenters. The molecule has 4 aromatic carbocycles. The fourth-order valence-electron chi connectivity index (χ4n) is 4.83. The van der Waals surface area contributed by atoms with E-state index < -0.39 is 0 Å². The third-order valence-electron chi connectivity index (χ3n) is 6.58. The van der Waals surface area contributed by atoms with Gasteiger partial charge < -0.3 is 9.47 Å². The van der Waals surface area contributed by atoms with Gasteiger partial charge in [-0.2, -0.15) is 0 Å². The highest BCUT2D eigenvalue weighted by molar-refractivity contribution is 5.96. The summed E-state index contributed by atoms with van der Waals surface area (Å²) in [4.78, 5) is 0. The molecule has 0 N–H and O–H groups in total. The van der Waals surface area contributed by atoms with Crippen LogP contribution in [-0.4, -0.2) is 0 Å². The highest BCUT2D eigenvalue weighted by Crippen LogP contribution is 2.49. The lowest BCUT2D eigenvalue weighted by Crippen LogP contribution is -2.07. The highest BCUT2D eigenvalue weighted by atomic mass is 16.5. The molecule has 6 rings (SSSR count). The Morgan fingerprint density at radius 2 is 0.697 bits per heavy atom. The minimum absolute atomic E-state index is 0.906. The smallest absolute Gasteiger partial charge is 0.138 e. The Labute approximate surface area is 194 Å². The summed E-state index contributed by atoms with van der Waals surface area (Å²) < 4.78 is 12.9. The van der Waals surface area contributed by atoms with Gasteiger partial charge in [0.25, 0.3) is 0 Å². The average Bonchev–Trinajstić information content (AvgIpc) is 2.81. The molecule has 0 aromatic heterocycles. The summed E-state index contributed by atoms with van der Waals surface area (Å²) >= 11 is 0. The summed E-state index contributed by atoms with van der Waals surface area (Å²) in [5.41, 5.74) is 14.7. The zero-order valence-corrected chi connectivity index (χ0v) is 19.2. The Morgan fingerprint density at radius 3 is 0.970 bits per heavy atom. The number of ether oxygens (including phenoxy) is 2. The lowest BCUT2D eigenvalue weighted by molar-refractivity contribution is 0.466. The van der Waals surface area contributed by atoms with E-state index in [1.807, 2.05) is 0 Å². The summed E-state index contributed by atoms with van der Waals surface area (Å²) in [6.45, 7) is 8.38. The van der Waals surface area contributed by atoms with Crippen LogP contribution in [0.3, 0.4) is 0 Å². The topological polar surface area (TPSA) is 18.5 Å². The second-order valence-electron chi connectivity index (χ2n) is 8.89. The van der Waals surface area contributed by atoms with Crippen LogP contribution in [0, 0.1) is 27.7 Å². The van der Waals surface area contributed by atoms with E-state index in [0.717, 1.165) is 78.7 Å². The first-order valence-electron chi connectivity index (χ1n) is 11.3. The van der Waals surface area contributed by atoms with Gasteiger partial charge >= 0.3 is 0 Å². The fourth-order valence-corrected chi connectivity index (χ4v) is 4.83. The molecule has 0 saturated carbocycles. The lowest BCUT2D eigenvalue weighted by atomic mass is 9.87. The largest absolute Gasteiger partial charge is 0.455 e. The van der Waals surface area contributed by atoms with Crippen molar-refractivity contribution in [3.05, 3.63) is 123 Å². The second-order valence-corrected chi connectivity index (χ2v) is 8.89. The van der Waals surface area contributed by atoms with Crippen LogP contribution in [0.2, 0.25) is 0 Å². The van der Waals surface area contributed by atoms with Crippen molar-refractivity contribution < 1.29 is 9.47 Å². The Morgan fingerprint density at radius 1 is 0.424 bits per heavy atom. The number of para-hydroxylation sites is 4. The SMILES string of the molecule is Cc1cccc2c1Oc1c(C)cccc1C2=C=C1c2cccc(C)c2Oc2c(C)cccc21. The molecule has 0 fully saturated rings. The Kier molecular flexibility index (Phi) is 4.33. The number of benzene rings is 4. The molecule has 0 atom stereocenters. The normalized spacial score (nSPS) is 13.1. The van der Waals surface area contributed by atoms with Crippen LogP contribution in [0.1, 0.15) is 44.5 Å². The minimum Gasteiger partial charge on any atom is -0.455 e. The average molecular weight is 429 g/mol. The summed E-state index contributed by atoms with van der Waals surface area (Å²) in [5, 5.41) is 0. The minimum atomic E-state index is 0.906. The first kappa shape index (κ1) is 19.7. The number of hydrogen-bond donors (Lipinski definition) is 0. The van der Waals surface area contributed by atoms with Crippen LogP contribution in [0.15, 0.2) is 78.5 Å². The van der Waals surface area contributed by atoms with Crippen molar-refractivity contribution in [2.45, 2.75) is 27.7 Å². The van der Waals surface area contributed by atoms with Crippen LogP contribution in [0.4, 0.5) is 0 Å². The molecular formula is C31H24O2. The van der Waals surface area contributed by atoms with E-state index in [9.17, 15) is 0 Å². The summed E-state index contributed by atoms with van der Waals surface area (Å²) in [6.07, 6.45) is 0. The summed E-state index contributed by atoms with van der Waals surface area (Å²) in [6, 6.07) is 25.3. The van der Waals surface area contributed by atoms with Crippen LogP contribution in [0.5, 0.6) is 23.0 Å². The molecular weight excluding hydrogens is 404 g/mol. The van der Waals surface area contributed by atoms with E-state index >= 15 is 0 Å². The van der Waals surface area contributed by atoms with Gasteiger partial charge in [0.05, 0.1) is 0 Å². The Bertz CT molecular complexity index is 1310. The number of hydrogen-bond acceptors (Lipinski definition) is 2. The zero-order chi connectivity index (χ0) is 22.7. The predicted octanol–water partition coefficient (Wildman–Crippen LogP) is 8.29. The molecule has 2 heteroatoms. The Balaban J connectivity index is 1.78. The monoisotopic (exact) mass is 428 g/mol. The molecule has 160 valence electrons. The number of aryl methyl sites for hydroxylation is 4. The first-order chi connectivity index (χ1) is 16.0. The second kappa shape index (κ2) is 7.27. The molecule has 0 bridgehead atoms. The van der Waals surface area contributed by atoms with E-state index in [1.54, 1.807) is 0 Å². The van der Waals surface area contributed by atoms with Gasteiger partial charge in [0.15, 0.2) is 0 Å². The van der Waals surface area contributed by atoms with E-state index in [0.29, 0.717) is 0 Å². The molecule has 2 aliphatic rings. The van der Waals surface area contributed by atoms with Gasteiger partial charge in [-0.25, -0.2) is 0 Å². The Hall–Kier alpha value is -4.00. The van der Waals surface area contributed by atoms with Crippen molar-refractivity contribution in [2.75, 3.05) is 0 Å². The van der Waals surface area contributed by atoms with Crippen LogP contribution >= 0.6 is 0 Å². The molecule has 33 heavy (non-hydrogen) atoms. The van der Waals surface area contributed by atoms with Crippen molar-refractivity contribution in [3.8, 4) is 23.0 Å². The summed E-state index contributed by atoms with van der Waals surface area (Å²) in [7, 11) is 0. The first-order valence-corrected chi connectivity index (χ1v) is 11.3. The number of rotatable bonds is 0. The highest BCUT2D eigenvalue weighted by Gasteiger charge is 2.28. The predicted molar refractivity (Wildman–Crippen MR) is 133 cm³/mol. The molecule has 0 amide bonds. The molecule has 2 heterocycles. The van der Waals surface area contributed by atoms with Gasteiger partial charge in [-0.05, 0) is 74.2 Å². The molecule has 2 aliphatic heterocycles. The van der Waals surface area contributed by atoms with Gasteiger partial charge in [0.2, 0.25) is 0 Å². The van der Waals surface area contributed by atoms with Crippen LogP contribution in [0.25, 0.3) is 11.1 Å². The maximum Gasteiger partial charge on any atom is 0.138 e. The van der Waals surface area contributed by atoms with E-state index in [1.165, 1.54) is 0 Å². The van der Waals surface area contributed by atoms with Crippen molar-refractivity contribution in [3.63, 3.8) is 0 Å². The van der Waals surface area contributed by atoms with E-state index in [4.69, 9.17) is 9.47 Å². The van der Waals surface area contributed by atoms with E-state index in [2.05, 4.69) is 106 Å². The molecule has 0 saturated heterocycles. The van der Waals surface area contributed by atoms with Crippen molar-refractivity contribution in [1.29, 1.82) is 0 Å². The third kappa shape index (κ3) is 2.96. The summed E-state index contributed by atoms with van der Waals surface area (Å²) in [5.74, 6) is 3.62. The molecule has 2 nitrogen and oxygen atoms in total. The lowest BCUT2D eigenvalue weighted by Gasteiger charge is -2.26. The van der Waals surface area contributed by atoms with Crippen molar-refractivity contribution in [1.82, 2.24) is 0 Å². The number of fused-ring (bicyclic) bond motifs is 4. The molecule has 0 radical (unpaired) electrons.